The standard InChI is InChI=1S/C26H30N2O6/c1-16-20(17(2)34-28-16)15-32-21-10-9-18(13-23(21)30-5)25(29)27-11-12-31-22-8-6-7-19-14-26(3,4)33-24(19)22/h6-10,13H,11-12,14-15H2,1-5H3,(H,27,29). The summed E-state index contributed by atoms with van der Waals surface area (Å²) in [5, 5.41) is 6.80. The monoisotopic (exact) mass is 466 g/mol. The highest BCUT2D eigenvalue weighted by atomic mass is 16.5. The first kappa shape index (κ1) is 23.5. The number of carbonyl (C=O) groups is 1. The number of amides is 1. The van der Waals surface area contributed by atoms with Crippen LogP contribution < -0.4 is 24.3 Å². The minimum absolute atomic E-state index is 0.227. The molecule has 4 rings (SSSR count). The molecule has 8 heteroatoms. The Morgan fingerprint density at radius 3 is 2.68 bits per heavy atom. The number of nitrogens with zero attached hydrogens (tertiary/aromatic N) is 1. The van der Waals surface area contributed by atoms with E-state index < -0.39 is 0 Å². The largest absolute Gasteiger partial charge is 0.493 e. The first-order valence-electron chi connectivity index (χ1n) is 11.2. The molecule has 1 N–H and O–H groups in total. The molecule has 2 heterocycles. The quantitative estimate of drug-likeness (QED) is 0.467. The van der Waals surface area contributed by atoms with Crippen molar-refractivity contribution in [1.82, 2.24) is 10.5 Å². The highest BCUT2D eigenvalue weighted by Crippen LogP contribution is 2.41. The molecule has 3 aromatic rings. The molecule has 180 valence electrons. The Hall–Kier alpha value is -3.68. The second-order valence-corrected chi connectivity index (χ2v) is 8.84. The van der Waals surface area contributed by atoms with Gasteiger partial charge in [-0.1, -0.05) is 17.3 Å². The Balaban J connectivity index is 1.31. The number of aromatic nitrogens is 1. The molecule has 1 amide bonds. The number of hydrogen-bond donors (Lipinski definition) is 1. The van der Waals surface area contributed by atoms with Gasteiger partial charge in [0.15, 0.2) is 23.0 Å². The Bertz CT molecular complexity index is 1160. The summed E-state index contributed by atoms with van der Waals surface area (Å²) in [6.07, 6.45) is 0.843. The third kappa shape index (κ3) is 5.11. The Morgan fingerprint density at radius 1 is 1.12 bits per heavy atom. The highest BCUT2D eigenvalue weighted by Gasteiger charge is 2.32. The molecular weight excluding hydrogens is 436 g/mol. The number of aryl methyl sites for hydroxylation is 2. The summed E-state index contributed by atoms with van der Waals surface area (Å²) in [4.78, 5) is 12.6. The van der Waals surface area contributed by atoms with Crippen molar-refractivity contribution in [3.8, 4) is 23.0 Å². The van der Waals surface area contributed by atoms with Crippen molar-refractivity contribution in [2.75, 3.05) is 20.3 Å². The average Bonchev–Trinajstić information content (AvgIpc) is 3.31. The first-order valence-corrected chi connectivity index (χ1v) is 11.2. The number of carbonyl (C=O) groups excluding carboxylic acids is 1. The zero-order chi connectivity index (χ0) is 24.3. The first-order chi connectivity index (χ1) is 16.3. The van der Waals surface area contributed by atoms with Crippen LogP contribution in [0.25, 0.3) is 0 Å². The molecule has 0 aliphatic carbocycles. The number of benzene rings is 2. The molecule has 1 aliphatic rings. The summed E-state index contributed by atoms with van der Waals surface area (Å²) in [5.41, 5.74) is 3.03. The van der Waals surface area contributed by atoms with Crippen molar-refractivity contribution in [3.05, 3.63) is 64.5 Å². The number of nitrogens with one attached hydrogen (secondary N) is 1. The maximum absolute atomic E-state index is 12.6. The van der Waals surface area contributed by atoms with Crippen LogP contribution in [0.4, 0.5) is 0 Å². The second-order valence-electron chi connectivity index (χ2n) is 8.84. The van der Waals surface area contributed by atoms with Crippen molar-refractivity contribution in [1.29, 1.82) is 0 Å². The van der Waals surface area contributed by atoms with E-state index in [1.54, 1.807) is 18.2 Å². The molecule has 0 bridgehead atoms. The van der Waals surface area contributed by atoms with Gasteiger partial charge in [-0.2, -0.15) is 0 Å². The third-order valence-corrected chi connectivity index (χ3v) is 5.68. The lowest BCUT2D eigenvalue weighted by molar-refractivity contribution is 0.0945. The number of ether oxygens (including phenoxy) is 4. The Labute approximate surface area is 199 Å². The number of hydrogen-bond acceptors (Lipinski definition) is 7. The van der Waals surface area contributed by atoms with Crippen LogP contribution in [0, 0.1) is 13.8 Å². The lowest BCUT2D eigenvalue weighted by Crippen LogP contribution is -2.28. The van der Waals surface area contributed by atoms with Gasteiger partial charge in [0, 0.05) is 17.5 Å². The number of para-hydroxylation sites is 1. The average molecular weight is 467 g/mol. The van der Waals surface area contributed by atoms with Crippen LogP contribution >= 0.6 is 0 Å². The Morgan fingerprint density at radius 2 is 1.94 bits per heavy atom. The molecule has 34 heavy (non-hydrogen) atoms. The molecule has 0 saturated heterocycles. The molecule has 0 atom stereocenters. The third-order valence-electron chi connectivity index (χ3n) is 5.68. The molecule has 2 aromatic carbocycles. The van der Waals surface area contributed by atoms with E-state index in [9.17, 15) is 4.79 Å². The topological polar surface area (TPSA) is 92.1 Å². The second kappa shape index (κ2) is 9.67. The van der Waals surface area contributed by atoms with Gasteiger partial charge < -0.3 is 28.8 Å². The molecule has 0 spiro atoms. The smallest absolute Gasteiger partial charge is 0.251 e. The molecular formula is C26H30N2O6. The van der Waals surface area contributed by atoms with E-state index >= 15 is 0 Å². The van der Waals surface area contributed by atoms with Gasteiger partial charge >= 0.3 is 0 Å². The van der Waals surface area contributed by atoms with Crippen LogP contribution in [0.2, 0.25) is 0 Å². The van der Waals surface area contributed by atoms with Crippen LogP contribution in [-0.4, -0.2) is 36.9 Å². The van der Waals surface area contributed by atoms with Crippen LogP contribution in [0.5, 0.6) is 23.0 Å². The van der Waals surface area contributed by atoms with E-state index in [0.717, 1.165) is 29.0 Å². The molecule has 0 radical (unpaired) electrons. The predicted molar refractivity (Wildman–Crippen MR) is 126 cm³/mol. The van der Waals surface area contributed by atoms with Gasteiger partial charge in [0.1, 0.15) is 24.6 Å². The van der Waals surface area contributed by atoms with Crippen molar-refractivity contribution in [2.24, 2.45) is 0 Å². The van der Waals surface area contributed by atoms with Crippen molar-refractivity contribution in [3.63, 3.8) is 0 Å². The molecule has 8 nitrogen and oxygen atoms in total. The van der Waals surface area contributed by atoms with E-state index in [2.05, 4.69) is 24.3 Å². The van der Waals surface area contributed by atoms with E-state index in [1.807, 2.05) is 32.0 Å². The maximum Gasteiger partial charge on any atom is 0.251 e. The highest BCUT2D eigenvalue weighted by molar-refractivity contribution is 5.94. The predicted octanol–water partition coefficient (Wildman–Crippen LogP) is 4.40. The minimum atomic E-state index is -0.238. The summed E-state index contributed by atoms with van der Waals surface area (Å²) in [6, 6.07) is 11.0. The van der Waals surface area contributed by atoms with Gasteiger partial charge in [0.25, 0.3) is 5.91 Å². The molecule has 1 aliphatic heterocycles. The van der Waals surface area contributed by atoms with Gasteiger partial charge in [-0.25, -0.2) is 0 Å². The zero-order valence-corrected chi connectivity index (χ0v) is 20.2. The number of rotatable bonds is 9. The summed E-state index contributed by atoms with van der Waals surface area (Å²) >= 11 is 0. The van der Waals surface area contributed by atoms with Crippen molar-refractivity contribution in [2.45, 2.75) is 46.3 Å². The normalized spacial score (nSPS) is 13.7. The summed E-state index contributed by atoms with van der Waals surface area (Å²) in [6.45, 7) is 8.77. The molecule has 0 fully saturated rings. The van der Waals surface area contributed by atoms with Crippen LogP contribution in [0.15, 0.2) is 40.9 Å². The number of methoxy groups -OCH3 is 1. The van der Waals surface area contributed by atoms with Crippen LogP contribution in [0.3, 0.4) is 0 Å². The minimum Gasteiger partial charge on any atom is -0.493 e. The summed E-state index contributed by atoms with van der Waals surface area (Å²) in [5.74, 6) is 2.97. The zero-order valence-electron chi connectivity index (χ0n) is 20.2. The lowest BCUT2D eigenvalue weighted by Gasteiger charge is -2.18. The van der Waals surface area contributed by atoms with Gasteiger partial charge in [0.2, 0.25) is 0 Å². The maximum atomic E-state index is 12.6. The Kier molecular flexibility index (Phi) is 6.68. The van der Waals surface area contributed by atoms with Gasteiger partial charge in [-0.05, 0) is 52.0 Å². The fraction of sp³-hybridized carbons (Fsp3) is 0.385. The summed E-state index contributed by atoms with van der Waals surface area (Å²) < 4.78 is 28.4. The molecule has 1 aromatic heterocycles. The van der Waals surface area contributed by atoms with Gasteiger partial charge in [0.05, 0.1) is 24.9 Å². The van der Waals surface area contributed by atoms with Gasteiger partial charge in [-0.3, -0.25) is 4.79 Å². The molecule has 0 saturated carbocycles. The van der Waals surface area contributed by atoms with E-state index in [4.69, 9.17) is 23.5 Å². The number of fused-ring (bicyclic) bond motifs is 1. The van der Waals surface area contributed by atoms with E-state index in [1.165, 1.54) is 7.11 Å². The van der Waals surface area contributed by atoms with Crippen molar-refractivity contribution >= 4 is 5.91 Å². The van der Waals surface area contributed by atoms with E-state index in [-0.39, 0.29) is 11.5 Å². The van der Waals surface area contributed by atoms with Crippen LogP contribution in [0.1, 0.15) is 46.8 Å². The van der Waals surface area contributed by atoms with E-state index in [0.29, 0.717) is 48.3 Å². The fourth-order valence-corrected chi connectivity index (χ4v) is 3.91. The van der Waals surface area contributed by atoms with Crippen LogP contribution in [-0.2, 0) is 13.0 Å². The lowest BCUT2D eigenvalue weighted by atomic mass is 10.0. The summed E-state index contributed by atoms with van der Waals surface area (Å²) in [7, 11) is 1.54. The SMILES string of the molecule is COc1cc(C(=O)NCCOc2cccc3c2OC(C)(C)C3)ccc1OCc1c(C)noc1C. The van der Waals surface area contributed by atoms with Gasteiger partial charge in [-0.15, -0.1) is 0 Å². The molecule has 0 unspecified atom stereocenters. The fourth-order valence-electron chi connectivity index (χ4n) is 3.91. The van der Waals surface area contributed by atoms with Crippen molar-refractivity contribution < 1.29 is 28.3 Å².